The SMILES string of the molecule is COc1ccc(OC)c(CN2CCN(C(=O)c3sc4ccccc4c3Cl)CC2)c1. The molecule has 0 atom stereocenters. The van der Waals surface area contributed by atoms with Crippen molar-refractivity contribution in [2.45, 2.75) is 6.54 Å². The number of halogens is 1. The second kappa shape index (κ2) is 8.61. The van der Waals surface area contributed by atoms with Gasteiger partial charge in [-0.25, -0.2) is 0 Å². The van der Waals surface area contributed by atoms with E-state index in [4.69, 9.17) is 21.1 Å². The average Bonchev–Trinajstić information content (AvgIpc) is 3.10. The number of rotatable bonds is 5. The maximum Gasteiger partial charge on any atom is 0.265 e. The molecule has 2 heterocycles. The van der Waals surface area contributed by atoms with E-state index in [1.165, 1.54) is 11.3 Å². The molecule has 0 bridgehead atoms. The summed E-state index contributed by atoms with van der Waals surface area (Å²) in [5.74, 6) is 1.69. The molecular formula is C22H23ClN2O3S. The Bertz CT molecular complexity index is 1030. The second-order valence-corrected chi connectivity index (χ2v) is 8.42. The van der Waals surface area contributed by atoms with Gasteiger partial charge in [-0.15, -0.1) is 11.3 Å². The molecule has 1 aromatic heterocycles. The third kappa shape index (κ3) is 4.06. The maximum absolute atomic E-state index is 13.0. The summed E-state index contributed by atoms with van der Waals surface area (Å²) >= 11 is 7.97. The van der Waals surface area contributed by atoms with Crippen LogP contribution in [0.15, 0.2) is 42.5 Å². The van der Waals surface area contributed by atoms with Gasteiger partial charge in [-0.3, -0.25) is 9.69 Å². The zero-order valence-electron chi connectivity index (χ0n) is 16.5. The van der Waals surface area contributed by atoms with Crippen molar-refractivity contribution in [1.29, 1.82) is 0 Å². The zero-order valence-corrected chi connectivity index (χ0v) is 18.1. The van der Waals surface area contributed by atoms with Crippen LogP contribution in [0.3, 0.4) is 0 Å². The van der Waals surface area contributed by atoms with Crippen molar-refractivity contribution in [2.75, 3.05) is 40.4 Å². The standard InChI is InChI=1S/C22H23ClN2O3S/c1-27-16-7-8-18(28-2)15(13-16)14-24-9-11-25(12-10-24)22(26)21-20(23)17-5-3-4-6-19(17)29-21/h3-8,13H,9-12,14H2,1-2H3. The third-order valence-corrected chi connectivity index (χ3v) is 6.93. The largest absolute Gasteiger partial charge is 0.497 e. The Morgan fingerprint density at radius 3 is 2.52 bits per heavy atom. The van der Waals surface area contributed by atoms with Crippen LogP contribution >= 0.6 is 22.9 Å². The Morgan fingerprint density at radius 2 is 1.83 bits per heavy atom. The molecule has 0 radical (unpaired) electrons. The highest BCUT2D eigenvalue weighted by Crippen LogP contribution is 2.36. The monoisotopic (exact) mass is 430 g/mol. The lowest BCUT2D eigenvalue weighted by Gasteiger charge is -2.34. The molecule has 0 unspecified atom stereocenters. The molecule has 0 aliphatic carbocycles. The molecule has 5 nitrogen and oxygen atoms in total. The quantitative estimate of drug-likeness (QED) is 0.596. The summed E-state index contributed by atoms with van der Waals surface area (Å²) < 4.78 is 11.9. The highest BCUT2D eigenvalue weighted by Gasteiger charge is 2.26. The van der Waals surface area contributed by atoms with Crippen LogP contribution in [0, 0.1) is 0 Å². The summed E-state index contributed by atoms with van der Waals surface area (Å²) in [6.07, 6.45) is 0. The van der Waals surface area contributed by atoms with Crippen LogP contribution in [0.1, 0.15) is 15.2 Å². The van der Waals surface area contributed by atoms with Gasteiger partial charge < -0.3 is 14.4 Å². The van der Waals surface area contributed by atoms with Crippen LogP contribution in [-0.2, 0) is 6.54 Å². The molecule has 152 valence electrons. The van der Waals surface area contributed by atoms with Crippen LogP contribution in [0.25, 0.3) is 10.1 Å². The van der Waals surface area contributed by atoms with Gasteiger partial charge in [0.05, 0.1) is 19.2 Å². The number of piperazine rings is 1. The van der Waals surface area contributed by atoms with E-state index in [9.17, 15) is 4.79 Å². The number of methoxy groups -OCH3 is 2. The predicted molar refractivity (Wildman–Crippen MR) is 118 cm³/mol. The molecule has 1 amide bonds. The van der Waals surface area contributed by atoms with Crippen LogP contribution in [0.2, 0.25) is 5.02 Å². The van der Waals surface area contributed by atoms with Crippen molar-refractivity contribution in [1.82, 2.24) is 9.80 Å². The number of ether oxygens (including phenoxy) is 2. The van der Waals surface area contributed by atoms with Crippen molar-refractivity contribution in [3.05, 3.63) is 57.9 Å². The number of carbonyl (C=O) groups is 1. The summed E-state index contributed by atoms with van der Waals surface area (Å²) in [6, 6.07) is 13.7. The Kier molecular flexibility index (Phi) is 5.94. The van der Waals surface area contributed by atoms with Crippen molar-refractivity contribution < 1.29 is 14.3 Å². The normalized spacial score (nSPS) is 14.9. The first-order valence-corrected chi connectivity index (χ1v) is 10.7. The van der Waals surface area contributed by atoms with E-state index in [1.807, 2.05) is 47.4 Å². The lowest BCUT2D eigenvalue weighted by molar-refractivity contribution is 0.0632. The Balaban J connectivity index is 1.43. The summed E-state index contributed by atoms with van der Waals surface area (Å²) in [7, 11) is 3.34. The molecule has 1 aliphatic rings. The average molecular weight is 431 g/mol. The summed E-state index contributed by atoms with van der Waals surface area (Å²) in [6.45, 7) is 3.71. The number of amides is 1. The highest BCUT2D eigenvalue weighted by molar-refractivity contribution is 7.21. The van der Waals surface area contributed by atoms with Crippen LogP contribution in [-0.4, -0.2) is 56.1 Å². The number of hydrogen-bond donors (Lipinski definition) is 0. The van der Waals surface area contributed by atoms with E-state index in [1.54, 1.807) is 14.2 Å². The van der Waals surface area contributed by atoms with E-state index >= 15 is 0 Å². The molecule has 0 saturated carbocycles. The lowest BCUT2D eigenvalue weighted by Crippen LogP contribution is -2.48. The Morgan fingerprint density at radius 1 is 1.07 bits per heavy atom. The molecule has 29 heavy (non-hydrogen) atoms. The summed E-state index contributed by atoms with van der Waals surface area (Å²) in [4.78, 5) is 17.9. The van der Waals surface area contributed by atoms with E-state index in [2.05, 4.69) is 4.90 Å². The number of benzene rings is 2. The van der Waals surface area contributed by atoms with Crippen molar-refractivity contribution >= 4 is 38.9 Å². The van der Waals surface area contributed by atoms with Crippen molar-refractivity contribution in [2.24, 2.45) is 0 Å². The van der Waals surface area contributed by atoms with E-state index in [-0.39, 0.29) is 5.91 Å². The van der Waals surface area contributed by atoms with Gasteiger partial charge in [0.2, 0.25) is 0 Å². The van der Waals surface area contributed by atoms with E-state index in [0.717, 1.165) is 46.8 Å². The third-order valence-electron chi connectivity index (χ3n) is 5.27. The predicted octanol–water partition coefficient (Wildman–Crippen LogP) is 4.53. The fourth-order valence-electron chi connectivity index (χ4n) is 3.65. The zero-order chi connectivity index (χ0) is 20.4. The number of hydrogen-bond acceptors (Lipinski definition) is 5. The molecule has 7 heteroatoms. The Labute approximate surface area is 179 Å². The van der Waals surface area contributed by atoms with Gasteiger partial charge in [0, 0.05) is 48.4 Å². The molecule has 4 rings (SSSR count). The van der Waals surface area contributed by atoms with Gasteiger partial charge in [-0.05, 0) is 24.3 Å². The van der Waals surface area contributed by atoms with Crippen molar-refractivity contribution in [3.63, 3.8) is 0 Å². The molecule has 0 spiro atoms. The molecule has 2 aromatic carbocycles. The van der Waals surface area contributed by atoms with Crippen molar-refractivity contribution in [3.8, 4) is 11.5 Å². The van der Waals surface area contributed by atoms with E-state index in [0.29, 0.717) is 23.0 Å². The van der Waals surface area contributed by atoms with Crippen LogP contribution in [0.4, 0.5) is 0 Å². The van der Waals surface area contributed by atoms with Crippen LogP contribution in [0.5, 0.6) is 11.5 Å². The van der Waals surface area contributed by atoms with Gasteiger partial charge in [0.15, 0.2) is 0 Å². The van der Waals surface area contributed by atoms with Crippen LogP contribution < -0.4 is 9.47 Å². The fourth-order valence-corrected chi connectivity index (χ4v) is 5.13. The van der Waals surface area contributed by atoms with Gasteiger partial charge in [-0.2, -0.15) is 0 Å². The van der Waals surface area contributed by atoms with Gasteiger partial charge in [0.25, 0.3) is 5.91 Å². The van der Waals surface area contributed by atoms with Gasteiger partial charge in [0.1, 0.15) is 16.4 Å². The molecule has 1 aliphatic heterocycles. The van der Waals surface area contributed by atoms with E-state index < -0.39 is 0 Å². The molecule has 0 N–H and O–H groups in total. The molecule has 1 fully saturated rings. The topological polar surface area (TPSA) is 42.0 Å². The highest BCUT2D eigenvalue weighted by atomic mass is 35.5. The summed E-state index contributed by atoms with van der Waals surface area (Å²) in [5, 5.41) is 1.52. The minimum Gasteiger partial charge on any atom is -0.497 e. The lowest BCUT2D eigenvalue weighted by atomic mass is 10.1. The number of fused-ring (bicyclic) bond motifs is 1. The van der Waals surface area contributed by atoms with Gasteiger partial charge in [-0.1, -0.05) is 29.8 Å². The van der Waals surface area contributed by atoms with Gasteiger partial charge >= 0.3 is 0 Å². The maximum atomic E-state index is 13.0. The fraction of sp³-hybridized carbons (Fsp3) is 0.318. The molecule has 1 saturated heterocycles. The smallest absolute Gasteiger partial charge is 0.265 e. The molecular weight excluding hydrogens is 408 g/mol. The number of thiophene rings is 1. The summed E-state index contributed by atoms with van der Waals surface area (Å²) in [5.41, 5.74) is 1.08. The first kappa shape index (κ1) is 20.0. The first-order valence-electron chi connectivity index (χ1n) is 9.50. The minimum atomic E-state index is 0.0230. The minimum absolute atomic E-state index is 0.0230. The second-order valence-electron chi connectivity index (χ2n) is 6.99. The first-order chi connectivity index (χ1) is 14.1. The number of nitrogens with zero attached hydrogens (tertiary/aromatic N) is 2. The number of carbonyl (C=O) groups excluding carboxylic acids is 1. The molecule has 3 aromatic rings. The Hall–Kier alpha value is -2.28.